The first-order chi connectivity index (χ1) is 15.8. The van der Waals surface area contributed by atoms with Gasteiger partial charge in [-0.2, -0.15) is 13.1 Å². The highest BCUT2D eigenvalue weighted by Crippen LogP contribution is 2.31. The first kappa shape index (κ1) is 24.5. The normalized spacial score (nSPS) is 14.8. The number of halogens is 2. The number of carbonyl (C=O) groups excluding carboxylic acids is 1. The van der Waals surface area contributed by atoms with Crippen LogP contribution in [0.25, 0.3) is 0 Å². The van der Waals surface area contributed by atoms with Gasteiger partial charge in [0.2, 0.25) is 10.0 Å². The van der Waals surface area contributed by atoms with Gasteiger partial charge in [0, 0.05) is 44.4 Å². The number of rotatable bonds is 8. The summed E-state index contributed by atoms with van der Waals surface area (Å²) >= 11 is 0. The van der Waals surface area contributed by atoms with Crippen LogP contribution in [-0.4, -0.2) is 70.7 Å². The molecule has 1 saturated heterocycles. The van der Waals surface area contributed by atoms with E-state index in [2.05, 4.69) is 10.1 Å². The van der Waals surface area contributed by atoms with Gasteiger partial charge in [0.1, 0.15) is 5.75 Å². The summed E-state index contributed by atoms with van der Waals surface area (Å²) in [7, 11) is -0.910. The summed E-state index contributed by atoms with van der Waals surface area (Å²) in [6.07, 6.45) is 0. The lowest BCUT2D eigenvalue weighted by atomic mass is 10.2. The van der Waals surface area contributed by atoms with E-state index in [0.29, 0.717) is 17.1 Å². The smallest absolute Gasteiger partial charge is 0.387 e. The van der Waals surface area contributed by atoms with Crippen LogP contribution in [0.3, 0.4) is 0 Å². The summed E-state index contributed by atoms with van der Waals surface area (Å²) in [5, 5.41) is 2.66. The van der Waals surface area contributed by atoms with Crippen LogP contribution in [-0.2, 0) is 16.6 Å². The third-order valence-electron chi connectivity index (χ3n) is 5.14. The summed E-state index contributed by atoms with van der Waals surface area (Å²) in [5.41, 5.74) is 0.404. The molecule has 33 heavy (non-hydrogen) atoms. The fourth-order valence-corrected chi connectivity index (χ4v) is 4.84. The second-order valence-corrected chi connectivity index (χ2v) is 8.99. The maximum atomic E-state index is 13.0. The first-order valence-corrected chi connectivity index (χ1v) is 11.5. The lowest BCUT2D eigenvalue weighted by molar-refractivity contribution is -0.0504. The zero-order valence-electron chi connectivity index (χ0n) is 18.2. The number of hydrogen-bond acceptors (Lipinski definition) is 6. The van der Waals surface area contributed by atoms with E-state index in [-0.39, 0.29) is 43.4 Å². The number of sulfonamides is 1. The fraction of sp³-hybridized carbons (Fsp3) is 0.381. The van der Waals surface area contributed by atoms with Gasteiger partial charge >= 0.3 is 12.6 Å². The van der Waals surface area contributed by atoms with Crippen LogP contribution in [0.15, 0.2) is 47.4 Å². The standard InChI is InChI=1S/C21H25F2N3O6S/c1-30-18-8-7-16(13-19(18)31-2)33(28,29)26-11-9-25(10-12-26)21(27)24-14-15-5-3-4-6-17(15)32-20(22)23/h3-8,13,20H,9-12,14H2,1-2H3,(H,24,27). The third-order valence-corrected chi connectivity index (χ3v) is 7.03. The van der Waals surface area contributed by atoms with Gasteiger partial charge in [-0.15, -0.1) is 0 Å². The second kappa shape index (κ2) is 10.7. The van der Waals surface area contributed by atoms with Gasteiger partial charge in [-0.25, -0.2) is 13.2 Å². The minimum absolute atomic E-state index is 0.00805. The molecule has 3 rings (SSSR count). The van der Waals surface area contributed by atoms with Crippen LogP contribution in [0.1, 0.15) is 5.56 Å². The van der Waals surface area contributed by atoms with Gasteiger partial charge in [-0.3, -0.25) is 0 Å². The average Bonchev–Trinajstić information content (AvgIpc) is 2.82. The van der Waals surface area contributed by atoms with E-state index >= 15 is 0 Å². The average molecular weight is 486 g/mol. The Bertz CT molecular complexity index is 1080. The molecular weight excluding hydrogens is 460 g/mol. The number of benzene rings is 2. The van der Waals surface area contributed by atoms with Crippen molar-refractivity contribution in [2.45, 2.75) is 18.1 Å². The maximum Gasteiger partial charge on any atom is 0.387 e. The Morgan fingerprint density at radius 2 is 1.67 bits per heavy atom. The number of hydrogen-bond donors (Lipinski definition) is 1. The SMILES string of the molecule is COc1ccc(S(=O)(=O)N2CCN(C(=O)NCc3ccccc3OC(F)F)CC2)cc1OC. The molecule has 0 aromatic heterocycles. The minimum atomic E-state index is -3.79. The molecule has 2 aromatic carbocycles. The zero-order chi connectivity index (χ0) is 24.0. The lowest BCUT2D eigenvalue weighted by Gasteiger charge is -2.34. The van der Waals surface area contributed by atoms with Gasteiger partial charge in [-0.1, -0.05) is 18.2 Å². The van der Waals surface area contributed by atoms with Crippen LogP contribution >= 0.6 is 0 Å². The molecule has 2 amide bonds. The largest absolute Gasteiger partial charge is 0.493 e. The van der Waals surface area contributed by atoms with Crippen molar-refractivity contribution in [2.24, 2.45) is 0 Å². The van der Waals surface area contributed by atoms with Crippen molar-refractivity contribution in [3.05, 3.63) is 48.0 Å². The molecular formula is C21H25F2N3O6S. The Balaban J connectivity index is 1.59. The highest BCUT2D eigenvalue weighted by molar-refractivity contribution is 7.89. The third kappa shape index (κ3) is 5.82. The highest BCUT2D eigenvalue weighted by Gasteiger charge is 2.30. The number of urea groups is 1. The molecule has 0 aliphatic carbocycles. The second-order valence-electron chi connectivity index (χ2n) is 7.05. The Kier molecular flexibility index (Phi) is 7.92. The van der Waals surface area contributed by atoms with Gasteiger partial charge in [0.25, 0.3) is 0 Å². The Morgan fingerprint density at radius 1 is 1.00 bits per heavy atom. The first-order valence-electron chi connectivity index (χ1n) is 10.0. The number of nitrogens with one attached hydrogen (secondary N) is 1. The molecule has 0 radical (unpaired) electrons. The van der Waals surface area contributed by atoms with Crippen LogP contribution in [0.4, 0.5) is 13.6 Å². The molecule has 0 unspecified atom stereocenters. The summed E-state index contributed by atoms with van der Waals surface area (Å²) in [4.78, 5) is 14.0. The van der Waals surface area contributed by atoms with Crippen LogP contribution in [0.5, 0.6) is 17.2 Å². The van der Waals surface area contributed by atoms with Crippen molar-refractivity contribution in [1.29, 1.82) is 0 Å². The van der Waals surface area contributed by atoms with Crippen molar-refractivity contribution < 1.29 is 36.2 Å². The van der Waals surface area contributed by atoms with Crippen molar-refractivity contribution in [2.75, 3.05) is 40.4 Å². The number of piperazine rings is 1. The topological polar surface area (TPSA) is 97.4 Å². The summed E-state index contributed by atoms with van der Waals surface area (Å²) in [5.74, 6) is 0.699. The molecule has 1 aliphatic heterocycles. The number of nitrogens with zero attached hydrogens (tertiary/aromatic N) is 2. The lowest BCUT2D eigenvalue weighted by Crippen LogP contribution is -2.52. The number of methoxy groups -OCH3 is 2. The molecule has 1 N–H and O–H groups in total. The minimum Gasteiger partial charge on any atom is -0.493 e. The molecule has 2 aromatic rings. The molecule has 0 spiro atoms. The number of carbonyl (C=O) groups is 1. The molecule has 12 heteroatoms. The Hall–Kier alpha value is -3.12. The van der Waals surface area contributed by atoms with Crippen LogP contribution < -0.4 is 19.5 Å². The van der Waals surface area contributed by atoms with Gasteiger partial charge in [0.05, 0.1) is 19.1 Å². The van der Waals surface area contributed by atoms with Crippen LogP contribution in [0.2, 0.25) is 0 Å². The van der Waals surface area contributed by atoms with E-state index in [1.54, 1.807) is 18.2 Å². The van der Waals surface area contributed by atoms with Crippen molar-refractivity contribution in [3.63, 3.8) is 0 Å². The molecule has 9 nitrogen and oxygen atoms in total. The predicted molar refractivity (Wildman–Crippen MR) is 115 cm³/mol. The van der Waals surface area contributed by atoms with E-state index in [4.69, 9.17) is 9.47 Å². The molecule has 0 atom stereocenters. The summed E-state index contributed by atoms with van der Waals surface area (Å²) in [6.45, 7) is -2.42. The number of para-hydroxylation sites is 1. The molecule has 0 bridgehead atoms. The van der Waals surface area contributed by atoms with E-state index in [9.17, 15) is 22.0 Å². The fourth-order valence-electron chi connectivity index (χ4n) is 3.40. The maximum absolute atomic E-state index is 13.0. The number of alkyl halides is 2. The van der Waals surface area contributed by atoms with Gasteiger partial charge in [0.15, 0.2) is 11.5 Å². The summed E-state index contributed by atoms with van der Waals surface area (Å²) in [6, 6.07) is 10.1. The summed E-state index contributed by atoms with van der Waals surface area (Å²) < 4.78 is 67.2. The van der Waals surface area contributed by atoms with Crippen molar-refractivity contribution in [3.8, 4) is 17.2 Å². The van der Waals surface area contributed by atoms with E-state index in [1.165, 1.54) is 47.7 Å². The van der Waals surface area contributed by atoms with Crippen molar-refractivity contribution >= 4 is 16.1 Å². The van der Waals surface area contributed by atoms with Gasteiger partial charge in [-0.05, 0) is 18.2 Å². The Labute approximate surface area is 190 Å². The molecule has 180 valence electrons. The highest BCUT2D eigenvalue weighted by atomic mass is 32.2. The molecule has 1 heterocycles. The predicted octanol–water partition coefficient (Wildman–Crippen LogP) is 2.52. The molecule has 0 saturated carbocycles. The zero-order valence-corrected chi connectivity index (χ0v) is 19.0. The number of ether oxygens (including phenoxy) is 3. The number of amides is 2. The van der Waals surface area contributed by atoms with E-state index < -0.39 is 22.7 Å². The molecule has 1 fully saturated rings. The quantitative estimate of drug-likeness (QED) is 0.617. The van der Waals surface area contributed by atoms with Gasteiger partial charge < -0.3 is 24.4 Å². The van der Waals surface area contributed by atoms with E-state index in [0.717, 1.165) is 0 Å². The Morgan fingerprint density at radius 3 is 2.30 bits per heavy atom. The van der Waals surface area contributed by atoms with Crippen molar-refractivity contribution in [1.82, 2.24) is 14.5 Å². The monoisotopic (exact) mass is 485 g/mol. The van der Waals surface area contributed by atoms with E-state index in [1.807, 2.05) is 0 Å². The molecule has 1 aliphatic rings. The van der Waals surface area contributed by atoms with Crippen LogP contribution in [0, 0.1) is 0 Å².